The van der Waals surface area contributed by atoms with E-state index < -0.39 is 12.0 Å². The first kappa shape index (κ1) is 14.0. The molecule has 1 aromatic rings. The molecule has 1 fully saturated rings. The minimum Gasteiger partial charge on any atom is -0.480 e. The van der Waals surface area contributed by atoms with E-state index in [-0.39, 0.29) is 17.8 Å². The van der Waals surface area contributed by atoms with Gasteiger partial charge in [-0.2, -0.15) is 0 Å². The molecule has 1 heterocycles. The van der Waals surface area contributed by atoms with Crippen LogP contribution in [0.25, 0.3) is 0 Å². The zero-order chi connectivity index (χ0) is 14.0. The van der Waals surface area contributed by atoms with Crippen LogP contribution in [0.1, 0.15) is 19.4 Å². The topological polar surface area (TPSA) is 61.4 Å². The molecule has 0 spiro atoms. The number of halogens is 1. The number of hydrogen-bond donors (Lipinski definition) is 3. The maximum absolute atomic E-state index is 12.9. The number of aliphatic carboxylic acids is 1. The van der Waals surface area contributed by atoms with Crippen LogP contribution >= 0.6 is 0 Å². The van der Waals surface area contributed by atoms with E-state index in [9.17, 15) is 14.3 Å². The van der Waals surface area contributed by atoms with Crippen molar-refractivity contribution in [1.29, 1.82) is 0 Å². The second-order valence-electron chi connectivity index (χ2n) is 5.37. The Hall–Kier alpha value is -1.46. The molecule has 0 aromatic heterocycles. The number of carboxylic acids is 1. The van der Waals surface area contributed by atoms with E-state index in [2.05, 4.69) is 24.7 Å². The molecule has 19 heavy (non-hydrogen) atoms. The molecule has 0 amide bonds. The highest BCUT2D eigenvalue weighted by molar-refractivity contribution is 5.74. The van der Waals surface area contributed by atoms with Gasteiger partial charge in [-0.15, -0.1) is 0 Å². The van der Waals surface area contributed by atoms with Crippen molar-refractivity contribution in [3.8, 4) is 0 Å². The Morgan fingerprint density at radius 1 is 1.32 bits per heavy atom. The van der Waals surface area contributed by atoms with E-state index in [0.29, 0.717) is 12.3 Å². The fourth-order valence-electron chi connectivity index (χ4n) is 2.65. The van der Waals surface area contributed by atoms with E-state index in [1.54, 1.807) is 12.1 Å². The lowest BCUT2D eigenvalue weighted by Crippen LogP contribution is -2.39. The average molecular weight is 266 g/mol. The highest BCUT2D eigenvalue weighted by Gasteiger charge is 2.41. The predicted molar refractivity (Wildman–Crippen MR) is 69.9 cm³/mol. The first-order valence-electron chi connectivity index (χ1n) is 6.47. The van der Waals surface area contributed by atoms with Crippen molar-refractivity contribution in [2.75, 3.05) is 0 Å². The van der Waals surface area contributed by atoms with Gasteiger partial charge < -0.3 is 5.11 Å². The van der Waals surface area contributed by atoms with Crippen LogP contribution in [-0.4, -0.2) is 23.2 Å². The number of hydrogen-bond acceptors (Lipinski definition) is 3. The summed E-state index contributed by atoms with van der Waals surface area (Å²) in [6.45, 7) is 4.11. The van der Waals surface area contributed by atoms with Gasteiger partial charge in [0.15, 0.2) is 0 Å². The molecule has 0 saturated carbocycles. The van der Waals surface area contributed by atoms with Crippen molar-refractivity contribution < 1.29 is 14.3 Å². The second-order valence-corrected chi connectivity index (χ2v) is 5.37. The average Bonchev–Trinajstić information content (AvgIpc) is 2.76. The first-order valence-corrected chi connectivity index (χ1v) is 6.47. The Bertz CT molecular complexity index is 447. The maximum Gasteiger partial charge on any atom is 0.322 e. The Balaban J connectivity index is 2.17. The molecule has 1 saturated heterocycles. The summed E-state index contributed by atoms with van der Waals surface area (Å²) in [5.41, 5.74) is 6.86. The van der Waals surface area contributed by atoms with E-state index in [0.717, 1.165) is 5.56 Å². The summed E-state index contributed by atoms with van der Waals surface area (Å²) >= 11 is 0. The van der Waals surface area contributed by atoms with Crippen LogP contribution in [-0.2, 0) is 11.2 Å². The molecular formula is C14H19FN2O2. The summed E-state index contributed by atoms with van der Waals surface area (Å²) < 4.78 is 12.9. The number of carbonyl (C=O) groups is 1. The smallest absolute Gasteiger partial charge is 0.322 e. The van der Waals surface area contributed by atoms with Crippen molar-refractivity contribution in [3.63, 3.8) is 0 Å². The predicted octanol–water partition coefficient (Wildman–Crippen LogP) is 1.57. The van der Waals surface area contributed by atoms with Gasteiger partial charge in [0.2, 0.25) is 0 Å². The highest BCUT2D eigenvalue weighted by Crippen LogP contribution is 2.25. The van der Waals surface area contributed by atoms with Crippen LogP contribution in [0, 0.1) is 17.7 Å². The molecule has 0 bridgehead atoms. The largest absolute Gasteiger partial charge is 0.480 e. The third-order valence-corrected chi connectivity index (χ3v) is 3.66. The van der Waals surface area contributed by atoms with Gasteiger partial charge in [-0.3, -0.25) is 10.2 Å². The van der Waals surface area contributed by atoms with Crippen LogP contribution in [0.4, 0.5) is 4.39 Å². The van der Waals surface area contributed by atoms with Crippen LogP contribution in [0.3, 0.4) is 0 Å². The monoisotopic (exact) mass is 266 g/mol. The summed E-state index contributed by atoms with van der Waals surface area (Å²) in [4.78, 5) is 11.3. The van der Waals surface area contributed by atoms with Crippen LogP contribution < -0.4 is 10.9 Å². The van der Waals surface area contributed by atoms with Crippen molar-refractivity contribution in [2.24, 2.45) is 11.8 Å². The van der Waals surface area contributed by atoms with Gasteiger partial charge in [0.25, 0.3) is 0 Å². The normalized spacial score (nSPS) is 26.8. The van der Waals surface area contributed by atoms with E-state index in [1.807, 2.05) is 0 Å². The Morgan fingerprint density at radius 2 is 1.95 bits per heavy atom. The van der Waals surface area contributed by atoms with Gasteiger partial charge in [-0.1, -0.05) is 26.0 Å². The quantitative estimate of drug-likeness (QED) is 0.774. The minimum absolute atomic E-state index is 0.0528. The van der Waals surface area contributed by atoms with Gasteiger partial charge in [-0.05, 0) is 30.0 Å². The number of benzene rings is 1. The van der Waals surface area contributed by atoms with Gasteiger partial charge >= 0.3 is 5.97 Å². The summed E-state index contributed by atoms with van der Waals surface area (Å²) in [5.74, 6) is -0.866. The SMILES string of the molecule is CC(C)C1NNC(C(=O)O)C1Cc1ccc(F)cc1. The van der Waals surface area contributed by atoms with E-state index in [4.69, 9.17) is 0 Å². The fraction of sp³-hybridized carbons (Fsp3) is 0.500. The molecule has 0 radical (unpaired) electrons. The lowest BCUT2D eigenvalue weighted by atomic mass is 9.83. The Kier molecular flexibility index (Phi) is 4.17. The molecule has 104 valence electrons. The number of rotatable bonds is 4. The number of hydrazine groups is 1. The molecule has 3 N–H and O–H groups in total. The third-order valence-electron chi connectivity index (χ3n) is 3.66. The van der Waals surface area contributed by atoms with Crippen LogP contribution in [0.2, 0.25) is 0 Å². The Morgan fingerprint density at radius 3 is 2.47 bits per heavy atom. The molecule has 5 heteroatoms. The van der Waals surface area contributed by atoms with Gasteiger partial charge in [0.05, 0.1) is 0 Å². The van der Waals surface area contributed by atoms with Crippen LogP contribution in [0.15, 0.2) is 24.3 Å². The van der Waals surface area contributed by atoms with Crippen LogP contribution in [0.5, 0.6) is 0 Å². The lowest BCUT2D eigenvalue weighted by Gasteiger charge is -2.23. The molecule has 1 aromatic carbocycles. The number of nitrogens with one attached hydrogen (secondary N) is 2. The molecule has 1 aliphatic heterocycles. The number of carboxylic acid groups (broad SMARTS) is 1. The molecule has 0 aliphatic carbocycles. The standard InChI is InChI=1S/C14H19FN2O2/c1-8(2)12-11(13(14(18)19)17-16-12)7-9-3-5-10(15)6-4-9/h3-6,8,11-13,16-17H,7H2,1-2H3,(H,18,19). The zero-order valence-electron chi connectivity index (χ0n) is 11.1. The third kappa shape index (κ3) is 3.11. The van der Waals surface area contributed by atoms with Crippen molar-refractivity contribution in [1.82, 2.24) is 10.9 Å². The van der Waals surface area contributed by atoms with Gasteiger partial charge in [0, 0.05) is 12.0 Å². The Labute approximate surface area is 112 Å². The summed E-state index contributed by atoms with van der Waals surface area (Å²) in [7, 11) is 0. The molecule has 3 atom stereocenters. The molecule has 1 aliphatic rings. The molecular weight excluding hydrogens is 247 g/mol. The summed E-state index contributed by atoms with van der Waals surface area (Å²) in [5, 5.41) is 9.24. The minimum atomic E-state index is -0.859. The van der Waals surface area contributed by atoms with Crippen molar-refractivity contribution >= 4 is 5.97 Å². The van der Waals surface area contributed by atoms with Crippen molar-refractivity contribution in [2.45, 2.75) is 32.4 Å². The molecule has 2 rings (SSSR count). The van der Waals surface area contributed by atoms with E-state index in [1.165, 1.54) is 12.1 Å². The van der Waals surface area contributed by atoms with Crippen molar-refractivity contribution in [3.05, 3.63) is 35.6 Å². The first-order chi connectivity index (χ1) is 8.99. The second kappa shape index (κ2) is 5.67. The molecule has 4 nitrogen and oxygen atoms in total. The van der Waals surface area contributed by atoms with Gasteiger partial charge in [0.1, 0.15) is 11.9 Å². The molecule has 3 unspecified atom stereocenters. The maximum atomic E-state index is 12.9. The fourth-order valence-corrected chi connectivity index (χ4v) is 2.65. The lowest BCUT2D eigenvalue weighted by molar-refractivity contribution is -0.140. The summed E-state index contributed by atoms with van der Waals surface area (Å²) in [6, 6.07) is 5.72. The zero-order valence-corrected chi connectivity index (χ0v) is 11.1. The highest BCUT2D eigenvalue weighted by atomic mass is 19.1. The van der Waals surface area contributed by atoms with E-state index >= 15 is 0 Å². The summed E-state index contributed by atoms with van der Waals surface area (Å²) in [6.07, 6.45) is 0.611. The van der Waals surface area contributed by atoms with Gasteiger partial charge in [-0.25, -0.2) is 9.82 Å².